The van der Waals surface area contributed by atoms with Gasteiger partial charge in [-0.05, 0) is 12.8 Å². The molecule has 45 heavy (non-hydrogen) atoms. The Labute approximate surface area is 272 Å². The van der Waals surface area contributed by atoms with Crippen LogP contribution >= 0.6 is 7.82 Å². The highest BCUT2D eigenvalue weighted by molar-refractivity contribution is 7.47. The molecule has 0 radical (unpaired) electrons. The standard InChI is InChI=1S/C33H64NO10P/c1-3-5-7-8-9-10-11-12-13-14-15-16-17-18-19-20-21-22-23-25-32(37)42-26-29(35)27-43-45(40,41)44-28-30(33(38)39)34-31(36)24-6-4-2/h29-30,35H,3-28H2,1-2H3,(H,34,36)(H,38,39)(H,40,41). The number of nitrogens with one attached hydrogen (secondary N) is 1. The zero-order chi connectivity index (χ0) is 33.6. The van der Waals surface area contributed by atoms with E-state index in [9.17, 15) is 34.1 Å². The van der Waals surface area contributed by atoms with Crippen LogP contribution in [0, 0.1) is 0 Å². The normalized spacial score (nSPS) is 14.0. The molecule has 0 rings (SSSR count). The van der Waals surface area contributed by atoms with Gasteiger partial charge < -0.3 is 25.2 Å². The summed E-state index contributed by atoms with van der Waals surface area (Å²) < 4.78 is 26.4. The van der Waals surface area contributed by atoms with Crippen LogP contribution in [-0.4, -0.2) is 64.9 Å². The van der Waals surface area contributed by atoms with Crippen LogP contribution < -0.4 is 5.32 Å². The van der Waals surface area contributed by atoms with Gasteiger partial charge in [0.05, 0.1) is 13.2 Å². The van der Waals surface area contributed by atoms with Crippen LogP contribution in [0.2, 0.25) is 0 Å². The van der Waals surface area contributed by atoms with E-state index in [2.05, 4.69) is 21.3 Å². The lowest BCUT2D eigenvalue weighted by Gasteiger charge is -2.18. The number of hydrogen-bond donors (Lipinski definition) is 4. The summed E-state index contributed by atoms with van der Waals surface area (Å²) in [5, 5.41) is 21.3. The van der Waals surface area contributed by atoms with Crippen molar-refractivity contribution in [2.45, 2.75) is 174 Å². The van der Waals surface area contributed by atoms with Crippen LogP contribution in [0.15, 0.2) is 0 Å². The molecule has 0 aromatic heterocycles. The number of unbranched alkanes of at least 4 members (excludes halogenated alkanes) is 19. The number of carboxylic acids is 1. The van der Waals surface area contributed by atoms with E-state index in [0.717, 1.165) is 25.7 Å². The topological polar surface area (TPSA) is 169 Å². The molecule has 0 aliphatic rings. The quantitative estimate of drug-likeness (QED) is 0.0311. The van der Waals surface area contributed by atoms with E-state index in [1.54, 1.807) is 0 Å². The van der Waals surface area contributed by atoms with Gasteiger partial charge in [-0.1, -0.05) is 136 Å². The lowest BCUT2D eigenvalue weighted by atomic mass is 10.0. The van der Waals surface area contributed by atoms with Gasteiger partial charge in [0.1, 0.15) is 12.7 Å². The minimum Gasteiger partial charge on any atom is -0.480 e. The van der Waals surface area contributed by atoms with Crippen molar-refractivity contribution in [3.05, 3.63) is 0 Å². The average Bonchev–Trinajstić information content (AvgIpc) is 3.01. The third-order valence-electron chi connectivity index (χ3n) is 7.65. The molecule has 3 atom stereocenters. The molecule has 0 saturated carbocycles. The van der Waals surface area contributed by atoms with Crippen LogP contribution in [-0.2, 0) is 32.7 Å². The van der Waals surface area contributed by atoms with E-state index in [1.807, 2.05) is 6.92 Å². The second-order valence-electron chi connectivity index (χ2n) is 12.1. The molecule has 0 aliphatic carbocycles. The molecule has 1 amide bonds. The smallest absolute Gasteiger partial charge is 0.472 e. The maximum atomic E-state index is 12.0. The fraction of sp³-hybridized carbons (Fsp3) is 0.909. The Hall–Kier alpha value is -1.52. The monoisotopic (exact) mass is 665 g/mol. The van der Waals surface area contributed by atoms with Gasteiger partial charge in [0.25, 0.3) is 0 Å². The number of amides is 1. The number of rotatable bonds is 33. The lowest BCUT2D eigenvalue weighted by Crippen LogP contribution is -2.43. The summed E-state index contributed by atoms with van der Waals surface area (Å²) >= 11 is 0. The number of aliphatic carboxylic acids is 1. The summed E-state index contributed by atoms with van der Waals surface area (Å²) in [5.41, 5.74) is 0. The van der Waals surface area contributed by atoms with E-state index >= 15 is 0 Å². The zero-order valence-electron chi connectivity index (χ0n) is 28.2. The largest absolute Gasteiger partial charge is 0.480 e. The van der Waals surface area contributed by atoms with Crippen molar-refractivity contribution in [2.75, 3.05) is 19.8 Å². The van der Waals surface area contributed by atoms with Crippen molar-refractivity contribution < 1.29 is 47.8 Å². The molecule has 12 heteroatoms. The summed E-state index contributed by atoms with van der Waals surface area (Å²) in [7, 11) is -4.72. The molecule has 0 heterocycles. The van der Waals surface area contributed by atoms with Crippen molar-refractivity contribution >= 4 is 25.7 Å². The molecule has 0 aromatic carbocycles. The molecule has 0 spiro atoms. The minimum absolute atomic E-state index is 0.123. The number of ether oxygens (including phenoxy) is 1. The molecule has 3 unspecified atom stereocenters. The van der Waals surface area contributed by atoms with Crippen LogP contribution in [0.4, 0.5) is 0 Å². The maximum Gasteiger partial charge on any atom is 0.472 e. The Morgan fingerprint density at radius 3 is 1.49 bits per heavy atom. The molecule has 4 N–H and O–H groups in total. The molecule has 0 saturated heterocycles. The highest BCUT2D eigenvalue weighted by atomic mass is 31.2. The minimum atomic E-state index is -4.72. The van der Waals surface area contributed by atoms with Gasteiger partial charge in [0, 0.05) is 12.8 Å². The molecular formula is C33H64NO10P. The molecular weight excluding hydrogens is 601 g/mol. The van der Waals surface area contributed by atoms with Crippen LogP contribution in [0.3, 0.4) is 0 Å². The van der Waals surface area contributed by atoms with Crippen LogP contribution in [0.25, 0.3) is 0 Å². The first kappa shape index (κ1) is 43.5. The Bertz CT molecular complexity index is 797. The Morgan fingerprint density at radius 2 is 1.04 bits per heavy atom. The predicted octanol–water partition coefficient (Wildman–Crippen LogP) is 7.61. The summed E-state index contributed by atoms with van der Waals surface area (Å²) in [5.74, 6) is -2.41. The first-order valence-corrected chi connectivity index (χ1v) is 19.1. The highest BCUT2D eigenvalue weighted by Crippen LogP contribution is 2.43. The zero-order valence-corrected chi connectivity index (χ0v) is 29.1. The Kier molecular flexibility index (Phi) is 28.8. The van der Waals surface area contributed by atoms with Crippen molar-refractivity contribution in [1.82, 2.24) is 5.32 Å². The third kappa shape index (κ3) is 29.6. The molecule has 0 aliphatic heterocycles. The second kappa shape index (κ2) is 29.9. The van der Waals surface area contributed by atoms with Gasteiger partial charge in [0.2, 0.25) is 5.91 Å². The van der Waals surface area contributed by atoms with Gasteiger partial charge >= 0.3 is 19.8 Å². The summed E-state index contributed by atoms with van der Waals surface area (Å²) in [4.78, 5) is 44.7. The summed E-state index contributed by atoms with van der Waals surface area (Å²) in [6.45, 7) is 2.26. The summed E-state index contributed by atoms with van der Waals surface area (Å²) in [6.07, 6.45) is 24.5. The maximum absolute atomic E-state index is 12.0. The number of carbonyl (C=O) groups is 3. The second-order valence-corrected chi connectivity index (χ2v) is 13.5. The number of carboxylic acid groups (broad SMARTS) is 1. The van der Waals surface area contributed by atoms with Gasteiger partial charge in [-0.15, -0.1) is 0 Å². The van der Waals surface area contributed by atoms with E-state index < -0.39 is 57.6 Å². The third-order valence-corrected chi connectivity index (χ3v) is 8.60. The van der Waals surface area contributed by atoms with Crippen molar-refractivity contribution in [2.24, 2.45) is 0 Å². The Morgan fingerprint density at radius 1 is 0.622 bits per heavy atom. The number of esters is 1. The van der Waals surface area contributed by atoms with Gasteiger partial charge in [-0.25, -0.2) is 9.36 Å². The van der Waals surface area contributed by atoms with Gasteiger partial charge in [-0.3, -0.25) is 18.6 Å². The summed E-state index contributed by atoms with van der Waals surface area (Å²) in [6, 6.07) is -1.53. The van der Waals surface area contributed by atoms with E-state index in [0.29, 0.717) is 12.8 Å². The van der Waals surface area contributed by atoms with Crippen LogP contribution in [0.5, 0.6) is 0 Å². The molecule has 0 bridgehead atoms. The predicted molar refractivity (Wildman–Crippen MR) is 176 cm³/mol. The van der Waals surface area contributed by atoms with E-state index in [1.165, 1.54) is 96.3 Å². The van der Waals surface area contributed by atoms with Crippen molar-refractivity contribution in [3.63, 3.8) is 0 Å². The molecule has 11 nitrogen and oxygen atoms in total. The number of phosphoric ester groups is 1. The molecule has 266 valence electrons. The number of aliphatic hydroxyl groups excluding tert-OH is 1. The number of phosphoric acid groups is 1. The Balaban J connectivity index is 3.71. The average molecular weight is 666 g/mol. The first-order chi connectivity index (χ1) is 21.6. The fourth-order valence-corrected chi connectivity index (χ4v) is 5.59. The first-order valence-electron chi connectivity index (χ1n) is 17.6. The SMILES string of the molecule is CCCCCCCCCCCCCCCCCCCCCC(=O)OCC(O)COP(=O)(O)OCC(NC(=O)CCCC)C(=O)O. The lowest BCUT2D eigenvalue weighted by molar-refractivity contribution is -0.147. The van der Waals surface area contributed by atoms with Gasteiger partial charge in [0.15, 0.2) is 6.04 Å². The van der Waals surface area contributed by atoms with Gasteiger partial charge in [-0.2, -0.15) is 0 Å². The molecule has 0 fully saturated rings. The fourth-order valence-electron chi connectivity index (χ4n) is 4.82. The molecule has 0 aromatic rings. The number of aliphatic hydroxyl groups is 1. The number of carbonyl (C=O) groups excluding carboxylic acids is 2. The number of hydrogen-bond acceptors (Lipinski definition) is 8. The highest BCUT2D eigenvalue weighted by Gasteiger charge is 2.28. The van der Waals surface area contributed by atoms with E-state index in [4.69, 9.17) is 4.74 Å². The van der Waals surface area contributed by atoms with E-state index in [-0.39, 0.29) is 12.8 Å². The van der Waals surface area contributed by atoms with Crippen LogP contribution in [0.1, 0.15) is 162 Å². The van der Waals surface area contributed by atoms with Crippen molar-refractivity contribution in [1.29, 1.82) is 0 Å². The van der Waals surface area contributed by atoms with Crippen molar-refractivity contribution in [3.8, 4) is 0 Å².